The average Bonchev–Trinajstić information content (AvgIpc) is 2.61. The molecule has 0 bridgehead atoms. The Hall–Kier alpha value is -1.75. The number of carbonyl (C=O) groups excluding carboxylic acids is 2. The third kappa shape index (κ3) is 6.13. The Morgan fingerprint density at radius 3 is 2.41 bits per heavy atom. The lowest BCUT2D eigenvalue weighted by Crippen LogP contribution is -2.48. The van der Waals surface area contributed by atoms with E-state index in [2.05, 4.69) is 5.32 Å². The molecule has 2 aromatic rings. The highest BCUT2D eigenvalue weighted by molar-refractivity contribution is 6.35. The molecule has 0 heterocycles. The van der Waals surface area contributed by atoms with Gasteiger partial charge in [-0.05, 0) is 49.2 Å². The lowest BCUT2D eigenvalue weighted by molar-refractivity contribution is -0.140. The number of rotatable bonds is 7. The molecule has 1 N–H and O–H groups in total. The maximum Gasteiger partial charge on any atom is 0.242 e. The molecule has 27 heavy (non-hydrogen) atoms. The number of halogens is 3. The largest absolute Gasteiger partial charge is 0.355 e. The van der Waals surface area contributed by atoms with Gasteiger partial charge in [-0.25, -0.2) is 0 Å². The maximum absolute atomic E-state index is 13.0. The molecule has 0 unspecified atom stereocenters. The van der Waals surface area contributed by atoms with Crippen LogP contribution >= 0.6 is 34.8 Å². The maximum atomic E-state index is 13.0. The molecule has 0 saturated carbocycles. The van der Waals surface area contributed by atoms with Crippen LogP contribution in [0.4, 0.5) is 0 Å². The zero-order valence-corrected chi connectivity index (χ0v) is 17.4. The summed E-state index contributed by atoms with van der Waals surface area (Å²) in [5, 5.41) is 4.26. The smallest absolute Gasteiger partial charge is 0.242 e. The zero-order chi connectivity index (χ0) is 20.0. The van der Waals surface area contributed by atoms with Crippen molar-refractivity contribution < 1.29 is 9.59 Å². The second kappa shape index (κ2) is 9.98. The highest BCUT2D eigenvalue weighted by atomic mass is 35.5. The van der Waals surface area contributed by atoms with Crippen molar-refractivity contribution in [2.45, 2.75) is 32.9 Å². The lowest BCUT2D eigenvalue weighted by Gasteiger charge is -2.29. The summed E-state index contributed by atoms with van der Waals surface area (Å²) >= 11 is 18.2. The van der Waals surface area contributed by atoms with Crippen molar-refractivity contribution in [2.75, 3.05) is 6.54 Å². The summed E-state index contributed by atoms with van der Waals surface area (Å²) in [4.78, 5) is 26.9. The second-order valence-corrected chi connectivity index (χ2v) is 7.41. The summed E-state index contributed by atoms with van der Waals surface area (Å²) in [7, 11) is 0. The Balaban J connectivity index is 2.26. The van der Waals surface area contributed by atoms with E-state index in [4.69, 9.17) is 34.8 Å². The predicted molar refractivity (Wildman–Crippen MR) is 110 cm³/mol. The summed E-state index contributed by atoms with van der Waals surface area (Å²) in [5.74, 6) is -0.423. The lowest BCUT2D eigenvalue weighted by atomic mass is 10.1. The minimum Gasteiger partial charge on any atom is -0.355 e. The fourth-order valence-corrected chi connectivity index (χ4v) is 3.35. The number of amides is 2. The molecular weight excluding hydrogens is 407 g/mol. The number of hydrogen-bond acceptors (Lipinski definition) is 2. The first-order valence-corrected chi connectivity index (χ1v) is 9.70. The number of hydrogen-bond donors (Lipinski definition) is 1. The van der Waals surface area contributed by atoms with Gasteiger partial charge in [0.1, 0.15) is 6.04 Å². The Morgan fingerprint density at radius 2 is 1.78 bits per heavy atom. The number of nitrogens with zero attached hydrogens (tertiary/aromatic N) is 1. The zero-order valence-electron chi connectivity index (χ0n) is 15.1. The molecule has 2 amide bonds. The van der Waals surface area contributed by atoms with Gasteiger partial charge in [0.15, 0.2) is 0 Å². The minimum atomic E-state index is -0.637. The second-order valence-electron chi connectivity index (χ2n) is 6.13. The number of likely N-dealkylation sites (N-methyl/N-ethyl adjacent to an activating group) is 1. The first-order chi connectivity index (χ1) is 12.8. The predicted octanol–water partition coefficient (Wildman–Crippen LogP) is 4.74. The van der Waals surface area contributed by atoms with Crippen molar-refractivity contribution in [2.24, 2.45) is 0 Å². The van der Waals surface area contributed by atoms with Crippen molar-refractivity contribution in [1.82, 2.24) is 10.2 Å². The van der Waals surface area contributed by atoms with Crippen molar-refractivity contribution in [3.05, 3.63) is 68.7 Å². The van der Waals surface area contributed by atoms with Crippen LogP contribution in [0.5, 0.6) is 0 Å². The van der Waals surface area contributed by atoms with Gasteiger partial charge in [-0.2, -0.15) is 0 Å². The molecule has 1 atom stereocenters. The third-order valence-corrected chi connectivity index (χ3v) is 4.94. The van der Waals surface area contributed by atoms with Gasteiger partial charge in [-0.3, -0.25) is 9.59 Å². The molecule has 0 aliphatic rings. The fourth-order valence-electron chi connectivity index (χ4n) is 2.67. The van der Waals surface area contributed by atoms with E-state index < -0.39 is 6.04 Å². The molecule has 2 rings (SSSR count). The molecule has 0 aromatic heterocycles. The van der Waals surface area contributed by atoms with Crippen molar-refractivity contribution >= 4 is 46.6 Å². The summed E-state index contributed by atoms with van der Waals surface area (Å²) in [6.07, 6.45) is 0.0698. The molecular formula is C20H21Cl3N2O2. The van der Waals surface area contributed by atoms with Crippen LogP contribution in [0, 0.1) is 0 Å². The summed E-state index contributed by atoms with van der Waals surface area (Å²) in [5.41, 5.74) is 1.50. The van der Waals surface area contributed by atoms with Gasteiger partial charge in [0.25, 0.3) is 0 Å². The first-order valence-electron chi connectivity index (χ1n) is 8.57. The van der Waals surface area contributed by atoms with E-state index >= 15 is 0 Å². The Morgan fingerprint density at radius 1 is 1.07 bits per heavy atom. The Bertz CT molecular complexity index is 827. The van der Waals surface area contributed by atoms with Crippen molar-refractivity contribution in [1.29, 1.82) is 0 Å². The molecule has 0 radical (unpaired) electrons. The van der Waals surface area contributed by atoms with Crippen LogP contribution in [-0.4, -0.2) is 29.3 Å². The highest BCUT2D eigenvalue weighted by Crippen LogP contribution is 2.23. The Labute approximate surface area is 174 Å². The number of benzene rings is 2. The van der Waals surface area contributed by atoms with Gasteiger partial charge in [0.05, 0.1) is 6.42 Å². The van der Waals surface area contributed by atoms with Crippen LogP contribution < -0.4 is 5.32 Å². The van der Waals surface area contributed by atoms with Gasteiger partial charge in [-0.1, -0.05) is 53.0 Å². The van der Waals surface area contributed by atoms with Crippen LogP contribution in [0.15, 0.2) is 42.5 Å². The molecule has 144 valence electrons. The van der Waals surface area contributed by atoms with Crippen molar-refractivity contribution in [3.63, 3.8) is 0 Å². The number of carbonyl (C=O) groups is 2. The monoisotopic (exact) mass is 426 g/mol. The summed E-state index contributed by atoms with van der Waals surface area (Å²) < 4.78 is 0. The molecule has 0 spiro atoms. The van der Waals surface area contributed by atoms with Gasteiger partial charge in [0.2, 0.25) is 11.8 Å². The normalized spacial score (nSPS) is 11.7. The van der Waals surface area contributed by atoms with E-state index in [9.17, 15) is 9.59 Å². The SMILES string of the molecule is CCNC(=O)[C@H](C)N(Cc1cccc(Cl)c1)C(=O)Cc1ccc(Cl)cc1Cl. The molecule has 2 aromatic carbocycles. The van der Waals surface area contributed by atoms with Gasteiger partial charge in [0, 0.05) is 28.2 Å². The van der Waals surface area contributed by atoms with Crippen molar-refractivity contribution in [3.8, 4) is 0 Å². The van der Waals surface area contributed by atoms with E-state index in [1.165, 1.54) is 4.90 Å². The van der Waals surface area contributed by atoms with E-state index in [-0.39, 0.29) is 24.8 Å². The summed E-state index contributed by atoms with van der Waals surface area (Å²) in [6, 6.07) is 11.6. The molecule has 0 saturated heterocycles. The number of nitrogens with one attached hydrogen (secondary N) is 1. The van der Waals surface area contributed by atoms with Gasteiger partial charge >= 0.3 is 0 Å². The van der Waals surface area contributed by atoms with E-state index in [1.807, 2.05) is 19.1 Å². The van der Waals surface area contributed by atoms with Crippen LogP contribution in [0.1, 0.15) is 25.0 Å². The van der Waals surface area contributed by atoms with E-state index in [0.717, 1.165) is 5.56 Å². The average molecular weight is 428 g/mol. The van der Waals surface area contributed by atoms with Crippen LogP contribution in [-0.2, 0) is 22.6 Å². The Kier molecular flexibility index (Phi) is 7.96. The van der Waals surface area contributed by atoms with Crippen LogP contribution in [0.2, 0.25) is 15.1 Å². The molecule has 7 heteroatoms. The molecule has 0 fully saturated rings. The first kappa shape index (κ1) is 21.5. The standard InChI is InChI=1S/C20H21Cl3N2O2/c1-3-24-20(27)13(2)25(12-14-5-4-6-16(21)9-14)19(26)10-15-7-8-17(22)11-18(15)23/h4-9,11,13H,3,10,12H2,1-2H3,(H,24,27)/t13-/m0/s1. The molecule has 4 nitrogen and oxygen atoms in total. The fraction of sp³-hybridized carbons (Fsp3) is 0.300. The minimum absolute atomic E-state index is 0.0698. The third-order valence-electron chi connectivity index (χ3n) is 4.12. The van der Waals surface area contributed by atoms with Crippen LogP contribution in [0.3, 0.4) is 0 Å². The molecule has 0 aliphatic carbocycles. The van der Waals surface area contributed by atoms with Gasteiger partial charge in [-0.15, -0.1) is 0 Å². The molecule has 0 aliphatic heterocycles. The van der Waals surface area contributed by atoms with Gasteiger partial charge < -0.3 is 10.2 Å². The summed E-state index contributed by atoms with van der Waals surface area (Å²) in [6.45, 7) is 4.30. The topological polar surface area (TPSA) is 49.4 Å². The van der Waals surface area contributed by atoms with E-state index in [1.54, 1.807) is 37.3 Å². The highest BCUT2D eigenvalue weighted by Gasteiger charge is 2.26. The quantitative estimate of drug-likeness (QED) is 0.693. The van der Waals surface area contributed by atoms with E-state index in [0.29, 0.717) is 27.2 Å². The van der Waals surface area contributed by atoms with Crippen LogP contribution in [0.25, 0.3) is 0 Å².